The van der Waals surface area contributed by atoms with Crippen LogP contribution in [-0.4, -0.2) is 51.4 Å². The Kier molecular flexibility index (Phi) is 47.1. The van der Waals surface area contributed by atoms with Gasteiger partial charge >= 0.3 is 0 Å². The fourth-order valence-corrected chi connectivity index (χ4v) is 7.79. The van der Waals surface area contributed by atoms with Gasteiger partial charge in [-0.3, -0.25) is 0 Å². The zero-order chi connectivity index (χ0) is 39.1. The fraction of sp³-hybridized carbons (Fsp3) is 1.00. The van der Waals surface area contributed by atoms with Gasteiger partial charge in [0.2, 0.25) is 0 Å². The van der Waals surface area contributed by atoms with Gasteiger partial charge in [0.05, 0.1) is 31.8 Å². The normalized spacial score (nSPS) is 12.0. The van der Waals surface area contributed by atoms with E-state index in [-0.39, 0.29) is 6.61 Å². The maximum atomic E-state index is 10.6. The highest BCUT2D eigenvalue weighted by atomic mass is 16.5. The summed E-state index contributed by atoms with van der Waals surface area (Å²) in [5.74, 6) is 0. The van der Waals surface area contributed by atoms with Crippen molar-refractivity contribution in [2.45, 2.75) is 271 Å². The van der Waals surface area contributed by atoms with Gasteiger partial charge in [-0.05, 0) is 19.3 Å². The van der Waals surface area contributed by atoms with Crippen LogP contribution in [-0.2, 0) is 14.2 Å². The third-order valence-electron chi connectivity index (χ3n) is 11.7. The van der Waals surface area contributed by atoms with Gasteiger partial charge in [-0.25, -0.2) is 0 Å². The second-order valence-electron chi connectivity index (χ2n) is 17.5. The maximum absolute atomic E-state index is 10.6. The third kappa shape index (κ3) is 41.5. The number of aliphatic hydroxyl groups is 1. The molecule has 0 fully saturated rings. The van der Waals surface area contributed by atoms with Gasteiger partial charge in [0.25, 0.3) is 0 Å². The monoisotopic (exact) mass is 767 g/mol. The molecular weight excluding hydrogens is 665 g/mol. The average Bonchev–Trinajstić information content (AvgIpc) is 3.19. The summed E-state index contributed by atoms with van der Waals surface area (Å²) in [6.07, 6.45) is 53.1. The molecule has 0 heterocycles. The molecule has 0 saturated carbocycles. The van der Waals surface area contributed by atoms with E-state index < -0.39 is 5.41 Å². The highest BCUT2D eigenvalue weighted by Crippen LogP contribution is 2.21. The van der Waals surface area contributed by atoms with Gasteiger partial charge in [0.1, 0.15) is 0 Å². The summed E-state index contributed by atoms with van der Waals surface area (Å²) in [7, 11) is 0. The van der Waals surface area contributed by atoms with Gasteiger partial charge in [-0.15, -0.1) is 0 Å². The van der Waals surface area contributed by atoms with Gasteiger partial charge in [-0.1, -0.05) is 252 Å². The number of ether oxygens (including phenoxy) is 3. The first-order chi connectivity index (χ1) is 26.7. The predicted molar refractivity (Wildman–Crippen MR) is 239 cm³/mol. The third-order valence-corrected chi connectivity index (χ3v) is 11.7. The van der Waals surface area contributed by atoms with Crippen molar-refractivity contribution in [3.63, 3.8) is 0 Å². The van der Waals surface area contributed by atoms with Gasteiger partial charge < -0.3 is 19.3 Å². The van der Waals surface area contributed by atoms with Crippen LogP contribution in [0.25, 0.3) is 0 Å². The molecule has 0 bridgehead atoms. The Morgan fingerprint density at radius 3 is 0.593 bits per heavy atom. The fourth-order valence-electron chi connectivity index (χ4n) is 7.79. The molecule has 0 aliphatic heterocycles. The molecule has 0 rings (SSSR count). The van der Waals surface area contributed by atoms with Crippen LogP contribution in [0.2, 0.25) is 0 Å². The summed E-state index contributed by atoms with van der Waals surface area (Å²) in [6.45, 7) is 10.8. The lowest BCUT2D eigenvalue weighted by molar-refractivity contribution is -0.0937. The molecular formula is C50H102O4. The predicted octanol–water partition coefficient (Wildman–Crippen LogP) is 16.3. The Balaban J connectivity index is 4.20. The Labute approximate surface area is 341 Å². The van der Waals surface area contributed by atoms with Crippen molar-refractivity contribution < 1.29 is 19.3 Å². The van der Waals surface area contributed by atoms with Crippen molar-refractivity contribution in [2.24, 2.45) is 5.41 Å². The SMILES string of the molecule is CCCCCCCCCCCCCCCOCC(CO)(COCCCCCCCCCCCCCCC)COCCCCCCCCCCCCCCC. The quantitative estimate of drug-likeness (QED) is 0.0627. The van der Waals surface area contributed by atoms with Gasteiger partial charge in [-0.2, -0.15) is 0 Å². The van der Waals surface area contributed by atoms with Gasteiger partial charge in [0, 0.05) is 19.8 Å². The van der Waals surface area contributed by atoms with Crippen molar-refractivity contribution in [1.29, 1.82) is 0 Å². The second-order valence-corrected chi connectivity index (χ2v) is 17.5. The zero-order valence-corrected chi connectivity index (χ0v) is 37.7. The van der Waals surface area contributed by atoms with Crippen LogP contribution < -0.4 is 0 Å². The molecule has 0 radical (unpaired) electrons. The highest BCUT2D eigenvalue weighted by Gasteiger charge is 2.31. The minimum absolute atomic E-state index is 0.0583. The van der Waals surface area contributed by atoms with E-state index in [2.05, 4.69) is 20.8 Å². The van der Waals surface area contributed by atoms with Crippen molar-refractivity contribution >= 4 is 0 Å². The molecule has 0 aromatic heterocycles. The molecule has 0 aromatic rings. The zero-order valence-electron chi connectivity index (χ0n) is 37.7. The van der Waals surface area contributed by atoms with Crippen LogP contribution in [0.1, 0.15) is 271 Å². The van der Waals surface area contributed by atoms with E-state index in [1.165, 1.54) is 231 Å². The first kappa shape index (κ1) is 53.8. The van der Waals surface area contributed by atoms with Crippen molar-refractivity contribution in [3.8, 4) is 0 Å². The smallest absolute Gasteiger partial charge is 0.0635 e. The molecule has 0 aliphatic carbocycles. The maximum Gasteiger partial charge on any atom is 0.0635 e. The Hall–Kier alpha value is -0.160. The average molecular weight is 767 g/mol. The van der Waals surface area contributed by atoms with Gasteiger partial charge in [0.15, 0.2) is 0 Å². The molecule has 0 amide bonds. The van der Waals surface area contributed by atoms with E-state index in [0.717, 1.165) is 39.1 Å². The molecule has 0 saturated heterocycles. The van der Waals surface area contributed by atoms with E-state index in [9.17, 15) is 5.11 Å². The molecule has 54 heavy (non-hydrogen) atoms. The lowest BCUT2D eigenvalue weighted by Crippen LogP contribution is -2.41. The lowest BCUT2D eigenvalue weighted by Gasteiger charge is -2.31. The summed E-state index contributed by atoms with van der Waals surface area (Å²) in [6, 6.07) is 0. The Bertz CT molecular complexity index is 571. The minimum atomic E-state index is -0.455. The molecule has 0 aromatic carbocycles. The minimum Gasteiger partial charge on any atom is -0.396 e. The van der Waals surface area contributed by atoms with Crippen molar-refractivity contribution in [2.75, 3.05) is 46.2 Å². The molecule has 4 heteroatoms. The molecule has 0 atom stereocenters. The standard InChI is InChI=1S/C50H102O4/c1-4-7-10-13-16-19-22-25-28-31-34-37-40-43-52-47-50(46-51,48-53-44-41-38-35-32-29-26-23-20-17-14-11-8-5-2)49-54-45-42-39-36-33-30-27-24-21-18-15-12-9-6-3/h51H,4-49H2,1-3H3. The number of unbranched alkanes of at least 4 members (excludes halogenated alkanes) is 36. The van der Waals surface area contributed by atoms with E-state index in [4.69, 9.17) is 14.2 Å². The van der Waals surface area contributed by atoms with Crippen LogP contribution in [0.15, 0.2) is 0 Å². The summed E-state index contributed by atoms with van der Waals surface area (Å²) in [5, 5.41) is 10.6. The number of hydrogen-bond donors (Lipinski definition) is 1. The molecule has 326 valence electrons. The second kappa shape index (κ2) is 47.2. The Morgan fingerprint density at radius 2 is 0.426 bits per heavy atom. The Morgan fingerprint density at radius 1 is 0.259 bits per heavy atom. The highest BCUT2D eigenvalue weighted by molar-refractivity contribution is 4.78. The van der Waals surface area contributed by atoms with E-state index in [1.807, 2.05) is 0 Å². The molecule has 0 aliphatic rings. The molecule has 0 unspecified atom stereocenters. The van der Waals surface area contributed by atoms with Crippen LogP contribution in [0.4, 0.5) is 0 Å². The molecule has 0 spiro atoms. The molecule has 4 nitrogen and oxygen atoms in total. The topological polar surface area (TPSA) is 47.9 Å². The van der Waals surface area contributed by atoms with Crippen LogP contribution >= 0.6 is 0 Å². The molecule has 1 N–H and O–H groups in total. The lowest BCUT2D eigenvalue weighted by atomic mass is 9.92. The number of aliphatic hydroxyl groups excluding tert-OH is 1. The van der Waals surface area contributed by atoms with E-state index in [1.54, 1.807) is 0 Å². The summed E-state index contributed by atoms with van der Waals surface area (Å²) < 4.78 is 18.7. The summed E-state index contributed by atoms with van der Waals surface area (Å²) >= 11 is 0. The summed E-state index contributed by atoms with van der Waals surface area (Å²) in [4.78, 5) is 0. The van der Waals surface area contributed by atoms with Crippen LogP contribution in [0.3, 0.4) is 0 Å². The van der Waals surface area contributed by atoms with Crippen molar-refractivity contribution in [1.82, 2.24) is 0 Å². The summed E-state index contributed by atoms with van der Waals surface area (Å²) in [5.41, 5.74) is -0.455. The number of rotatable bonds is 49. The van der Waals surface area contributed by atoms with Crippen LogP contribution in [0, 0.1) is 5.41 Å². The van der Waals surface area contributed by atoms with E-state index >= 15 is 0 Å². The van der Waals surface area contributed by atoms with E-state index in [0.29, 0.717) is 19.8 Å². The first-order valence-corrected chi connectivity index (χ1v) is 25.1. The van der Waals surface area contributed by atoms with Crippen molar-refractivity contribution in [3.05, 3.63) is 0 Å². The number of hydrogen-bond acceptors (Lipinski definition) is 4. The first-order valence-electron chi connectivity index (χ1n) is 25.1. The largest absolute Gasteiger partial charge is 0.396 e. The van der Waals surface area contributed by atoms with Crippen LogP contribution in [0.5, 0.6) is 0 Å².